The van der Waals surface area contributed by atoms with Gasteiger partial charge in [0.15, 0.2) is 0 Å². The van der Waals surface area contributed by atoms with Crippen LogP contribution in [0.2, 0.25) is 0 Å². The topological polar surface area (TPSA) is 155 Å². The molecule has 6 atom stereocenters. The molecule has 9 N–H and O–H groups in total. The third-order valence-electron chi connectivity index (χ3n) is 4.87. The van der Waals surface area contributed by atoms with Crippen molar-refractivity contribution in [2.24, 2.45) is 11.5 Å². The molecule has 1 saturated carbocycles. The van der Waals surface area contributed by atoms with Crippen molar-refractivity contribution in [3.8, 4) is 0 Å². The molecule has 1 aliphatic carbocycles. The van der Waals surface area contributed by atoms with Crippen LogP contribution in [0.1, 0.15) is 26.2 Å². The summed E-state index contributed by atoms with van der Waals surface area (Å²) in [5.41, 5.74) is 12.3. The third-order valence-corrected chi connectivity index (χ3v) is 4.87. The van der Waals surface area contributed by atoms with Gasteiger partial charge in [-0.2, -0.15) is 0 Å². The molecule has 26 heavy (non-hydrogen) atoms. The molecule has 0 aromatic heterocycles. The highest BCUT2D eigenvalue weighted by Crippen LogP contribution is 2.26. The van der Waals surface area contributed by atoms with Crippen molar-refractivity contribution in [1.29, 1.82) is 0 Å². The van der Waals surface area contributed by atoms with E-state index in [1.54, 1.807) is 0 Å². The Labute approximate surface area is 154 Å². The Morgan fingerprint density at radius 3 is 2.62 bits per heavy atom. The third kappa shape index (κ3) is 5.86. The molecule has 0 saturated heterocycles. The van der Waals surface area contributed by atoms with Crippen molar-refractivity contribution >= 4 is 0 Å². The second kappa shape index (κ2) is 10.5. The highest BCUT2D eigenvalue weighted by molar-refractivity contribution is 5.03. The number of rotatable bonds is 9. The molecule has 0 unspecified atom stereocenters. The number of ether oxygens (including phenoxy) is 2. The normalized spacial score (nSPS) is 35.3. The van der Waals surface area contributed by atoms with Gasteiger partial charge in [0, 0.05) is 12.1 Å². The van der Waals surface area contributed by atoms with Crippen molar-refractivity contribution in [1.82, 2.24) is 10.6 Å². The minimum absolute atomic E-state index is 0.102. The van der Waals surface area contributed by atoms with E-state index in [0.717, 1.165) is 12.3 Å². The van der Waals surface area contributed by atoms with Gasteiger partial charge in [-0.25, -0.2) is 0 Å². The molecule has 2 aliphatic rings. The van der Waals surface area contributed by atoms with E-state index in [2.05, 4.69) is 10.6 Å². The maximum atomic E-state index is 10.5. The molecule has 0 spiro atoms. The van der Waals surface area contributed by atoms with Crippen molar-refractivity contribution in [2.75, 3.05) is 26.3 Å². The predicted molar refractivity (Wildman–Crippen MR) is 97.1 cm³/mol. The number of hydrogen-bond acceptors (Lipinski definition) is 9. The van der Waals surface area contributed by atoms with Gasteiger partial charge in [0.2, 0.25) is 6.29 Å². The van der Waals surface area contributed by atoms with Crippen LogP contribution >= 0.6 is 0 Å². The highest BCUT2D eigenvalue weighted by Gasteiger charge is 2.39. The first-order chi connectivity index (χ1) is 12.5. The minimum Gasteiger partial charge on any atom is -0.467 e. The van der Waals surface area contributed by atoms with Crippen LogP contribution < -0.4 is 22.1 Å². The average Bonchev–Trinajstić information content (AvgIpc) is 2.62. The van der Waals surface area contributed by atoms with Gasteiger partial charge in [-0.15, -0.1) is 0 Å². The molecule has 1 aliphatic heterocycles. The summed E-state index contributed by atoms with van der Waals surface area (Å²) in [6.07, 6.45) is 1.55. The fourth-order valence-corrected chi connectivity index (χ4v) is 3.40. The molecule has 2 rings (SSSR count). The van der Waals surface area contributed by atoms with E-state index in [1.165, 1.54) is 0 Å². The van der Waals surface area contributed by atoms with Crippen molar-refractivity contribution in [3.05, 3.63) is 11.8 Å². The molecular formula is C17H34N4O5. The molecule has 9 heteroatoms. The fourth-order valence-electron chi connectivity index (χ4n) is 3.40. The van der Waals surface area contributed by atoms with Crippen LogP contribution in [0.15, 0.2) is 11.8 Å². The molecule has 0 radical (unpaired) electrons. The summed E-state index contributed by atoms with van der Waals surface area (Å²) in [5, 5.41) is 35.2. The van der Waals surface area contributed by atoms with Crippen molar-refractivity contribution < 1.29 is 24.8 Å². The minimum atomic E-state index is -0.784. The molecular weight excluding hydrogens is 340 g/mol. The van der Waals surface area contributed by atoms with Crippen LogP contribution in [0.4, 0.5) is 0 Å². The van der Waals surface area contributed by atoms with Gasteiger partial charge in [-0.3, -0.25) is 0 Å². The molecule has 0 aromatic carbocycles. The lowest BCUT2D eigenvalue weighted by Gasteiger charge is -2.41. The molecule has 0 aromatic rings. The Bertz CT molecular complexity index is 437. The smallest absolute Gasteiger partial charge is 0.215 e. The summed E-state index contributed by atoms with van der Waals surface area (Å²) < 4.78 is 11.8. The molecule has 1 fully saturated rings. The molecule has 0 amide bonds. The van der Waals surface area contributed by atoms with Gasteiger partial charge >= 0.3 is 0 Å². The number of nitrogens with one attached hydrogen (secondary N) is 2. The lowest BCUT2D eigenvalue weighted by molar-refractivity contribution is -0.202. The zero-order chi connectivity index (χ0) is 19.1. The maximum Gasteiger partial charge on any atom is 0.215 e. The lowest BCUT2D eigenvalue weighted by atomic mass is 9.86. The number of hydrogen-bond donors (Lipinski definition) is 7. The van der Waals surface area contributed by atoms with Gasteiger partial charge < -0.3 is 46.9 Å². The zero-order valence-corrected chi connectivity index (χ0v) is 15.4. The van der Waals surface area contributed by atoms with Gasteiger partial charge in [-0.1, -0.05) is 6.92 Å². The number of aliphatic hydroxyl groups excluding tert-OH is 3. The molecule has 9 nitrogen and oxygen atoms in total. The maximum absolute atomic E-state index is 10.5. The Balaban J connectivity index is 1.90. The predicted octanol–water partition coefficient (Wildman–Crippen LogP) is -2.27. The SMILES string of the molecule is CCNCC1=CC[C@@H](N)[C@@H](O[C@H]2[C@H](O)C[C@H](NC(CO)CO)C[C@@H]2N)O1. The Hall–Kier alpha value is -0.780. The van der Waals surface area contributed by atoms with E-state index in [1.807, 2.05) is 13.0 Å². The number of likely N-dealkylation sites (N-methyl/N-ethyl adjacent to an activating group) is 1. The number of aliphatic hydroxyl groups is 3. The van der Waals surface area contributed by atoms with Crippen LogP contribution in [-0.2, 0) is 9.47 Å². The Morgan fingerprint density at radius 1 is 1.27 bits per heavy atom. The summed E-state index contributed by atoms with van der Waals surface area (Å²) >= 11 is 0. The Kier molecular flexibility index (Phi) is 8.71. The van der Waals surface area contributed by atoms with Gasteiger partial charge in [0.25, 0.3) is 0 Å². The van der Waals surface area contributed by atoms with Gasteiger partial charge in [0.05, 0.1) is 37.9 Å². The van der Waals surface area contributed by atoms with E-state index in [0.29, 0.717) is 25.8 Å². The van der Waals surface area contributed by atoms with Gasteiger partial charge in [0.1, 0.15) is 11.9 Å². The Morgan fingerprint density at radius 2 is 2.00 bits per heavy atom. The van der Waals surface area contributed by atoms with Crippen molar-refractivity contribution in [3.63, 3.8) is 0 Å². The average molecular weight is 374 g/mol. The first kappa shape index (κ1) is 21.5. The molecule has 1 heterocycles. The standard InChI is InChI=1S/C17H34N4O5/c1-2-20-7-12-3-4-13(18)17(25-12)26-16-14(19)5-10(6-15(16)24)21-11(8-22)9-23/h3,10-11,13-17,20-24H,2,4-9,18-19H2,1H3/t10-,13-,14+,15-,16-,17-/m1/s1. The van der Waals surface area contributed by atoms with E-state index in [-0.39, 0.29) is 25.3 Å². The zero-order valence-electron chi connectivity index (χ0n) is 15.4. The van der Waals surface area contributed by atoms with E-state index < -0.39 is 30.6 Å². The second-order valence-electron chi connectivity index (χ2n) is 7.07. The quantitative estimate of drug-likeness (QED) is 0.237. The van der Waals surface area contributed by atoms with Crippen LogP contribution in [0.3, 0.4) is 0 Å². The van der Waals surface area contributed by atoms with E-state index in [4.69, 9.17) is 20.9 Å². The monoisotopic (exact) mass is 374 g/mol. The summed E-state index contributed by atoms with van der Waals surface area (Å²) in [7, 11) is 0. The summed E-state index contributed by atoms with van der Waals surface area (Å²) in [5.74, 6) is 0.783. The summed E-state index contributed by atoms with van der Waals surface area (Å²) in [6.45, 7) is 3.11. The van der Waals surface area contributed by atoms with Crippen LogP contribution in [0.25, 0.3) is 0 Å². The van der Waals surface area contributed by atoms with Gasteiger partial charge in [-0.05, 0) is 31.9 Å². The fraction of sp³-hybridized carbons (Fsp3) is 0.882. The van der Waals surface area contributed by atoms with E-state index >= 15 is 0 Å². The van der Waals surface area contributed by atoms with Crippen LogP contribution in [0, 0.1) is 0 Å². The van der Waals surface area contributed by atoms with Crippen molar-refractivity contribution in [2.45, 2.75) is 68.9 Å². The van der Waals surface area contributed by atoms with Crippen LogP contribution in [0.5, 0.6) is 0 Å². The highest BCUT2D eigenvalue weighted by atomic mass is 16.7. The lowest BCUT2D eigenvalue weighted by Crippen LogP contribution is -2.59. The number of nitrogens with two attached hydrogens (primary N) is 2. The molecule has 152 valence electrons. The summed E-state index contributed by atoms with van der Waals surface area (Å²) in [6, 6.07) is -1.25. The first-order valence-electron chi connectivity index (χ1n) is 9.37. The van der Waals surface area contributed by atoms with Crippen LogP contribution in [-0.4, -0.2) is 84.3 Å². The first-order valence-corrected chi connectivity index (χ1v) is 9.37. The second-order valence-corrected chi connectivity index (χ2v) is 7.07. The largest absolute Gasteiger partial charge is 0.467 e. The van der Waals surface area contributed by atoms with E-state index in [9.17, 15) is 15.3 Å². The molecule has 0 bridgehead atoms. The summed E-state index contributed by atoms with van der Waals surface area (Å²) in [4.78, 5) is 0.